The summed E-state index contributed by atoms with van der Waals surface area (Å²) >= 11 is 14.3. The SMILES string of the molecule is CO/N=C(/C(=O)NC1C(=O)N2C1SCC(C)(CCl)C2C)c1csc(NC(=O)CCl)n1. The van der Waals surface area contributed by atoms with E-state index in [1.807, 2.05) is 6.92 Å². The number of hydrogen-bond donors (Lipinski definition) is 2. The maximum absolute atomic E-state index is 12.8. The molecule has 0 radical (unpaired) electrons. The number of fused-ring (bicyclic) bond motifs is 1. The predicted molar refractivity (Wildman–Crippen MR) is 118 cm³/mol. The van der Waals surface area contributed by atoms with Crippen LogP contribution in [-0.4, -0.2) is 75.4 Å². The third-order valence-electron chi connectivity index (χ3n) is 5.19. The zero-order chi connectivity index (χ0) is 22.1. The van der Waals surface area contributed by atoms with Crippen LogP contribution in [0.5, 0.6) is 0 Å². The molecule has 164 valence electrons. The number of alkyl halides is 2. The molecule has 9 nitrogen and oxygen atoms in total. The van der Waals surface area contributed by atoms with Crippen LogP contribution in [0, 0.1) is 5.41 Å². The number of carbonyl (C=O) groups is 3. The Morgan fingerprint density at radius 2 is 2.20 bits per heavy atom. The summed E-state index contributed by atoms with van der Waals surface area (Å²) in [4.78, 5) is 47.7. The van der Waals surface area contributed by atoms with E-state index < -0.39 is 17.9 Å². The van der Waals surface area contributed by atoms with Crippen LogP contribution in [0.25, 0.3) is 0 Å². The second-order valence-corrected chi connectivity index (χ2v) is 9.70. The lowest BCUT2D eigenvalue weighted by Gasteiger charge is -2.58. The van der Waals surface area contributed by atoms with E-state index in [2.05, 4.69) is 27.7 Å². The summed E-state index contributed by atoms with van der Waals surface area (Å²) in [6.07, 6.45) is 0. The number of thiazole rings is 1. The van der Waals surface area contributed by atoms with Crippen LogP contribution in [0.2, 0.25) is 0 Å². The molecule has 30 heavy (non-hydrogen) atoms. The minimum Gasteiger partial charge on any atom is -0.398 e. The van der Waals surface area contributed by atoms with E-state index in [0.717, 1.165) is 17.1 Å². The standard InChI is InChI=1S/C17H21Cl2N5O4S2/c1-8-17(2,6-19)7-30-15-12(14(27)24(8)15)22-13(26)11(23-28-3)9-5-29-16(20-9)21-10(25)4-18/h5,8,12,15H,4,6-7H2,1-3H3,(H,22,26)(H,20,21,25)/b23-11+. The quantitative estimate of drug-likeness (QED) is 0.258. The molecule has 2 aliphatic rings. The summed E-state index contributed by atoms with van der Waals surface area (Å²) in [6.45, 7) is 4.04. The molecule has 13 heteroatoms. The molecule has 4 unspecified atom stereocenters. The molecule has 4 atom stereocenters. The second kappa shape index (κ2) is 9.29. The number of oxime groups is 1. The lowest BCUT2D eigenvalue weighted by atomic mass is 9.83. The number of halogens is 2. The van der Waals surface area contributed by atoms with E-state index in [0.29, 0.717) is 5.88 Å². The van der Waals surface area contributed by atoms with Crippen molar-refractivity contribution < 1.29 is 19.2 Å². The molecular weight excluding hydrogens is 473 g/mol. The smallest absolute Gasteiger partial charge is 0.276 e. The second-order valence-electron chi connectivity index (χ2n) is 7.20. The first-order chi connectivity index (χ1) is 14.3. The van der Waals surface area contributed by atoms with E-state index in [9.17, 15) is 14.4 Å². The fourth-order valence-corrected chi connectivity index (χ4v) is 6.11. The highest BCUT2D eigenvalue weighted by molar-refractivity contribution is 8.00. The normalized spacial score (nSPS) is 28.4. The summed E-state index contributed by atoms with van der Waals surface area (Å²) in [5, 5.41) is 10.7. The van der Waals surface area contributed by atoms with Crippen molar-refractivity contribution in [3.63, 3.8) is 0 Å². The Balaban J connectivity index is 1.71. The molecule has 3 rings (SSSR count). The van der Waals surface area contributed by atoms with E-state index in [1.54, 1.807) is 22.0 Å². The average molecular weight is 494 g/mol. The van der Waals surface area contributed by atoms with Crippen molar-refractivity contribution in [1.29, 1.82) is 0 Å². The first-order valence-electron chi connectivity index (χ1n) is 8.99. The maximum atomic E-state index is 12.8. The highest BCUT2D eigenvalue weighted by Gasteiger charge is 2.57. The van der Waals surface area contributed by atoms with Crippen molar-refractivity contribution in [1.82, 2.24) is 15.2 Å². The molecule has 2 fully saturated rings. The molecule has 2 saturated heterocycles. The number of hydrogen-bond acceptors (Lipinski definition) is 8. The van der Waals surface area contributed by atoms with Gasteiger partial charge in [-0.2, -0.15) is 0 Å². The number of aromatic nitrogens is 1. The Kier molecular flexibility index (Phi) is 7.16. The molecule has 3 heterocycles. The Morgan fingerprint density at radius 1 is 1.47 bits per heavy atom. The van der Waals surface area contributed by atoms with Gasteiger partial charge < -0.3 is 20.4 Å². The number of β-lactam (4-membered cyclic amide) rings is 1. The summed E-state index contributed by atoms with van der Waals surface area (Å²) < 4.78 is 0. The van der Waals surface area contributed by atoms with Gasteiger partial charge in [-0.25, -0.2) is 4.98 Å². The van der Waals surface area contributed by atoms with Crippen molar-refractivity contribution >= 4 is 74.9 Å². The van der Waals surface area contributed by atoms with E-state index >= 15 is 0 Å². The number of anilines is 1. The lowest BCUT2D eigenvalue weighted by molar-refractivity contribution is -0.154. The number of rotatable bonds is 7. The molecular formula is C17H21Cl2N5O4S2. The Bertz CT molecular complexity index is 882. The molecule has 2 aliphatic heterocycles. The van der Waals surface area contributed by atoms with Crippen LogP contribution >= 0.6 is 46.3 Å². The van der Waals surface area contributed by atoms with Crippen LogP contribution in [0.4, 0.5) is 5.13 Å². The first-order valence-corrected chi connectivity index (χ1v) is 12.0. The Morgan fingerprint density at radius 3 is 2.83 bits per heavy atom. The van der Waals surface area contributed by atoms with Gasteiger partial charge in [0.1, 0.15) is 30.1 Å². The van der Waals surface area contributed by atoms with Gasteiger partial charge in [0.2, 0.25) is 11.8 Å². The Labute approximate surface area is 191 Å². The fraction of sp³-hybridized carbons (Fsp3) is 0.588. The average Bonchev–Trinajstić information content (AvgIpc) is 3.19. The summed E-state index contributed by atoms with van der Waals surface area (Å²) in [6, 6.07) is -0.693. The largest absolute Gasteiger partial charge is 0.398 e. The van der Waals surface area contributed by atoms with Crippen molar-refractivity contribution in [2.24, 2.45) is 10.6 Å². The van der Waals surface area contributed by atoms with Crippen molar-refractivity contribution in [3.8, 4) is 0 Å². The monoisotopic (exact) mass is 493 g/mol. The number of carbonyl (C=O) groups excluding carboxylic acids is 3. The first kappa shape index (κ1) is 23.1. The van der Waals surface area contributed by atoms with Crippen molar-refractivity contribution in [3.05, 3.63) is 11.1 Å². The third kappa shape index (κ3) is 4.25. The fourth-order valence-electron chi connectivity index (χ4n) is 3.19. The maximum Gasteiger partial charge on any atom is 0.276 e. The van der Waals surface area contributed by atoms with E-state index in [1.165, 1.54) is 7.11 Å². The zero-order valence-corrected chi connectivity index (χ0v) is 19.6. The molecule has 1 aromatic rings. The van der Waals surface area contributed by atoms with Gasteiger partial charge in [0.05, 0.1) is 0 Å². The highest BCUT2D eigenvalue weighted by atomic mass is 35.5. The minimum absolute atomic E-state index is 0.0272. The van der Waals surface area contributed by atoms with Gasteiger partial charge in [-0.15, -0.1) is 46.3 Å². The van der Waals surface area contributed by atoms with Gasteiger partial charge in [0, 0.05) is 28.5 Å². The number of nitrogens with zero attached hydrogens (tertiary/aromatic N) is 3. The van der Waals surface area contributed by atoms with Gasteiger partial charge in [0.25, 0.3) is 5.91 Å². The Hall–Kier alpha value is -1.56. The zero-order valence-electron chi connectivity index (χ0n) is 16.5. The number of thioether (sulfide) groups is 1. The minimum atomic E-state index is -0.666. The molecule has 2 N–H and O–H groups in total. The van der Waals surface area contributed by atoms with Gasteiger partial charge in [-0.05, 0) is 6.92 Å². The van der Waals surface area contributed by atoms with Crippen LogP contribution in [0.15, 0.2) is 10.5 Å². The molecule has 0 spiro atoms. The van der Waals surface area contributed by atoms with E-state index in [4.69, 9.17) is 28.0 Å². The molecule has 0 saturated carbocycles. The van der Waals surface area contributed by atoms with E-state index in [-0.39, 0.29) is 45.2 Å². The molecule has 0 bridgehead atoms. The van der Waals surface area contributed by atoms with Gasteiger partial charge in [-0.1, -0.05) is 12.1 Å². The van der Waals surface area contributed by atoms with Crippen LogP contribution in [0.3, 0.4) is 0 Å². The van der Waals surface area contributed by atoms with Crippen LogP contribution in [-0.2, 0) is 19.2 Å². The number of amides is 3. The van der Waals surface area contributed by atoms with Crippen molar-refractivity contribution in [2.45, 2.75) is 31.3 Å². The number of nitrogens with one attached hydrogen (secondary N) is 2. The van der Waals surface area contributed by atoms with Crippen molar-refractivity contribution in [2.75, 3.05) is 29.9 Å². The van der Waals surface area contributed by atoms with Crippen LogP contribution in [0.1, 0.15) is 19.5 Å². The molecule has 0 aliphatic carbocycles. The van der Waals surface area contributed by atoms with Gasteiger partial charge in [0.15, 0.2) is 10.8 Å². The van der Waals surface area contributed by atoms with Crippen LogP contribution < -0.4 is 10.6 Å². The van der Waals surface area contributed by atoms with Gasteiger partial charge >= 0.3 is 0 Å². The third-order valence-corrected chi connectivity index (χ3v) is 8.47. The predicted octanol–water partition coefficient (Wildman–Crippen LogP) is 1.70. The summed E-state index contributed by atoms with van der Waals surface area (Å²) in [5.41, 5.74) is -0.0569. The molecule has 3 amide bonds. The summed E-state index contributed by atoms with van der Waals surface area (Å²) in [7, 11) is 1.30. The van der Waals surface area contributed by atoms with Gasteiger partial charge in [-0.3, -0.25) is 14.4 Å². The molecule has 0 aromatic carbocycles. The molecule has 1 aromatic heterocycles. The highest BCUT2D eigenvalue weighted by Crippen LogP contribution is 2.46. The lowest BCUT2D eigenvalue weighted by Crippen LogP contribution is -2.76. The summed E-state index contributed by atoms with van der Waals surface area (Å²) in [5.74, 6) is -0.142. The topological polar surface area (TPSA) is 113 Å².